The fourth-order valence-corrected chi connectivity index (χ4v) is 4.25. The minimum atomic E-state index is -0.320. The van der Waals surface area contributed by atoms with Crippen molar-refractivity contribution in [1.82, 2.24) is 19.6 Å². The molecular weight excluding hydrogens is 391 g/mol. The summed E-state index contributed by atoms with van der Waals surface area (Å²) < 4.78 is 24.5. The van der Waals surface area contributed by atoms with Crippen molar-refractivity contribution in [2.24, 2.45) is 7.05 Å². The Kier molecular flexibility index (Phi) is 4.32. The quantitative estimate of drug-likeness (QED) is 0.459. The van der Waals surface area contributed by atoms with Crippen molar-refractivity contribution in [1.29, 1.82) is 0 Å². The Balaban J connectivity index is 1.55. The van der Waals surface area contributed by atoms with E-state index in [2.05, 4.69) is 16.3 Å². The van der Waals surface area contributed by atoms with Gasteiger partial charge in [-0.05, 0) is 55.0 Å². The fourth-order valence-electron chi connectivity index (χ4n) is 4.08. The van der Waals surface area contributed by atoms with E-state index in [4.69, 9.17) is 16.3 Å². The molecule has 0 saturated carbocycles. The molecule has 4 aromatic rings. The van der Waals surface area contributed by atoms with Crippen LogP contribution in [-0.2, 0) is 13.5 Å². The van der Waals surface area contributed by atoms with Crippen molar-refractivity contribution in [3.63, 3.8) is 0 Å². The van der Waals surface area contributed by atoms with E-state index < -0.39 is 0 Å². The third-order valence-electron chi connectivity index (χ3n) is 5.54. The molecule has 0 amide bonds. The molecule has 0 N–H and O–H groups in total. The summed E-state index contributed by atoms with van der Waals surface area (Å²) in [6.45, 7) is 2.02. The van der Waals surface area contributed by atoms with Gasteiger partial charge in [-0.2, -0.15) is 10.2 Å². The zero-order chi connectivity index (χ0) is 20.1. The first-order valence-corrected chi connectivity index (χ1v) is 10.00. The van der Waals surface area contributed by atoms with Crippen molar-refractivity contribution in [3.8, 4) is 11.4 Å². The highest BCUT2D eigenvalue weighted by Gasteiger charge is 2.26. The molecule has 0 radical (unpaired) electrons. The molecule has 29 heavy (non-hydrogen) atoms. The first-order valence-electron chi connectivity index (χ1n) is 9.62. The lowest BCUT2D eigenvalue weighted by molar-refractivity contribution is 0.181. The van der Waals surface area contributed by atoms with Crippen LogP contribution in [0.15, 0.2) is 42.9 Å². The summed E-state index contributed by atoms with van der Waals surface area (Å²) in [5.74, 6) is 0.454. The van der Waals surface area contributed by atoms with Gasteiger partial charge in [0.1, 0.15) is 23.4 Å². The molecule has 0 bridgehead atoms. The van der Waals surface area contributed by atoms with E-state index in [-0.39, 0.29) is 16.9 Å². The molecule has 1 aliphatic carbocycles. The Bertz CT molecular complexity index is 1230. The van der Waals surface area contributed by atoms with Crippen LogP contribution in [0.5, 0.6) is 5.75 Å². The van der Waals surface area contributed by atoms with Gasteiger partial charge < -0.3 is 4.74 Å². The molecule has 2 heterocycles. The molecule has 0 saturated heterocycles. The zero-order valence-corrected chi connectivity index (χ0v) is 16.9. The first-order chi connectivity index (χ1) is 14.0. The van der Waals surface area contributed by atoms with Gasteiger partial charge in [0, 0.05) is 18.5 Å². The second kappa shape index (κ2) is 6.88. The number of halogens is 2. The van der Waals surface area contributed by atoms with Gasteiger partial charge in [-0.15, -0.1) is 0 Å². The average molecular weight is 411 g/mol. The third kappa shape index (κ3) is 3.08. The molecule has 0 spiro atoms. The van der Waals surface area contributed by atoms with Gasteiger partial charge in [0.15, 0.2) is 0 Å². The second-order valence-electron chi connectivity index (χ2n) is 7.53. The topological polar surface area (TPSA) is 44.9 Å². The molecule has 5 rings (SSSR count). The van der Waals surface area contributed by atoms with Crippen molar-refractivity contribution >= 4 is 22.5 Å². The number of nitrogens with zero attached hydrogens (tertiary/aromatic N) is 4. The van der Waals surface area contributed by atoms with E-state index in [9.17, 15) is 4.39 Å². The molecule has 2 aromatic heterocycles. The lowest BCUT2D eigenvalue weighted by Crippen LogP contribution is -2.17. The standard InChI is InChI=1S/C22H20ClFN4O/c1-13-8-14-10-26-28(15-11-25-27(2)12-15)19(14)9-21(13)29-20-5-3-4-17-16(20)6-7-18(23)22(17)24/h6-12,20H,3-5H2,1-2H3. The summed E-state index contributed by atoms with van der Waals surface area (Å²) in [7, 11) is 1.87. The molecule has 7 heteroatoms. The molecule has 1 unspecified atom stereocenters. The lowest BCUT2D eigenvalue weighted by Gasteiger charge is -2.27. The largest absolute Gasteiger partial charge is 0.485 e. The Labute approximate surface area is 172 Å². The molecular formula is C22H20ClFN4O. The van der Waals surface area contributed by atoms with Crippen molar-refractivity contribution in [2.45, 2.75) is 32.3 Å². The SMILES string of the molecule is Cc1cc2cnn(-c3cnn(C)c3)c2cc1OC1CCCc2c1ccc(Cl)c2F. The molecule has 0 fully saturated rings. The second-order valence-corrected chi connectivity index (χ2v) is 7.94. The molecule has 2 aromatic carbocycles. The van der Waals surface area contributed by atoms with Crippen LogP contribution in [0.4, 0.5) is 4.39 Å². The summed E-state index contributed by atoms with van der Waals surface area (Å²) in [5, 5.41) is 9.94. The molecule has 1 aliphatic rings. The minimum absolute atomic E-state index is 0.169. The van der Waals surface area contributed by atoms with E-state index in [1.165, 1.54) is 0 Å². The van der Waals surface area contributed by atoms with Crippen molar-refractivity contribution in [3.05, 3.63) is 70.4 Å². The van der Waals surface area contributed by atoms with E-state index in [1.54, 1.807) is 16.9 Å². The van der Waals surface area contributed by atoms with Crippen LogP contribution in [-0.4, -0.2) is 19.6 Å². The Hall–Kier alpha value is -2.86. The molecule has 1 atom stereocenters. The van der Waals surface area contributed by atoms with Gasteiger partial charge in [0.2, 0.25) is 0 Å². The smallest absolute Gasteiger partial charge is 0.145 e. The summed E-state index contributed by atoms with van der Waals surface area (Å²) in [6.07, 6.45) is 7.72. The first kappa shape index (κ1) is 18.2. The lowest BCUT2D eigenvalue weighted by atomic mass is 9.89. The Morgan fingerprint density at radius 3 is 2.86 bits per heavy atom. The highest BCUT2D eigenvalue weighted by molar-refractivity contribution is 6.30. The fraction of sp³-hybridized carbons (Fsp3) is 0.273. The highest BCUT2D eigenvalue weighted by Crippen LogP contribution is 2.38. The Morgan fingerprint density at radius 1 is 1.21 bits per heavy atom. The van der Waals surface area contributed by atoms with Gasteiger partial charge >= 0.3 is 0 Å². The summed E-state index contributed by atoms with van der Waals surface area (Å²) >= 11 is 5.98. The monoisotopic (exact) mass is 410 g/mol. The van der Waals surface area contributed by atoms with Crippen LogP contribution in [0.25, 0.3) is 16.6 Å². The van der Waals surface area contributed by atoms with E-state index in [0.29, 0.717) is 12.0 Å². The zero-order valence-electron chi connectivity index (χ0n) is 16.2. The van der Waals surface area contributed by atoms with Gasteiger partial charge in [-0.25, -0.2) is 9.07 Å². The van der Waals surface area contributed by atoms with Crippen molar-refractivity contribution < 1.29 is 9.13 Å². The summed E-state index contributed by atoms with van der Waals surface area (Å²) in [6, 6.07) is 7.57. The van der Waals surface area contributed by atoms with Gasteiger partial charge in [0.25, 0.3) is 0 Å². The van der Waals surface area contributed by atoms with Crippen molar-refractivity contribution in [2.75, 3.05) is 0 Å². The number of fused-ring (bicyclic) bond motifs is 2. The van der Waals surface area contributed by atoms with Gasteiger partial charge in [0.05, 0.1) is 29.1 Å². The van der Waals surface area contributed by atoms with Crippen LogP contribution in [0.3, 0.4) is 0 Å². The molecule has 0 aliphatic heterocycles. The van der Waals surface area contributed by atoms with E-state index in [0.717, 1.165) is 46.3 Å². The van der Waals surface area contributed by atoms with Crippen LogP contribution < -0.4 is 4.74 Å². The Morgan fingerprint density at radius 2 is 2.07 bits per heavy atom. The van der Waals surface area contributed by atoms with Crippen LogP contribution >= 0.6 is 11.6 Å². The predicted octanol–water partition coefficient (Wildman–Crippen LogP) is 5.32. The minimum Gasteiger partial charge on any atom is -0.485 e. The van der Waals surface area contributed by atoms with E-state index in [1.807, 2.05) is 43.2 Å². The molecule has 148 valence electrons. The predicted molar refractivity (Wildman–Crippen MR) is 110 cm³/mol. The maximum absolute atomic E-state index is 14.5. The van der Waals surface area contributed by atoms with Crippen LogP contribution in [0.1, 0.15) is 35.6 Å². The number of hydrogen-bond donors (Lipinski definition) is 0. The number of aryl methyl sites for hydroxylation is 2. The van der Waals surface area contributed by atoms with Crippen LogP contribution in [0, 0.1) is 12.7 Å². The van der Waals surface area contributed by atoms with Gasteiger partial charge in [-0.1, -0.05) is 17.7 Å². The van der Waals surface area contributed by atoms with Gasteiger partial charge in [-0.3, -0.25) is 4.68 Å². The third-order valence-corrected chi connectivity index (χ3v) is 5.83. The van der Waals surface area contributed by atoms with Crippen LogP contribution in [0.2, 0.25) is 5.02 Å². The average Bonchev–Trinajstić information content (AvgIpc) is 3.31. The number of aromatic nitrogens is 4. The number of rotatable bonds is 3. The summed E-state index contributed by atoms with van der Waals surface area (Å²) in [5.41, 5.74) is 4.41. The molecule has 5 nitrogen and oxygen atoms in total. The van der Waals surface area contributed by atoms with E-state index >= 15 is 0 Å². The maximum atomic E-state index is 14.5. The number of ether oxygens (including phenoxy) is 1. The maximum Gasteiger partial charge on any atom is 0.145 e. The highest BCUT2D eigenvalue weighted by atomic mass is 35.5. The summed E-state index contributed by atoms with van der Waals surface area (Å²) in [4.78, 5) is 0. The normalized spacial score (nSPS) is 16.2. The number of benzene rings is 2. The number of hydrogen-bond acceptors (Lipinski definition) is 3.